The van der Waals surface area contributed by atoms with Crippen LogP contribution >= 0.6 is 0 Å². The molecule has 307 valence electrons. The summed E-state index contributed by atoms with van der Waals surface area (Å²) in [6.07, 6.45) is 0. The summed E-state index contributed by atoms with van der Waals surface area (Å²) in [5.41, 5.74) is 1.34. The van der Waals surface area contributed by atoms with Gasteiger partial charge in [0.05, 0.1) is 32.5 Å². The number of rotatable bonds is 12. The molecule has 0 heterocycles. The maximum Gasteiger partial charge on any atom is 3.00 e. The number of nitrogens with zero attached hydrogens (tertiary/aromatic N) is 6. The Balaban J connectivity index is 0.000000582. The molecule has 6 aromatic rings. The van der Waals surface area contributed by atoms with Gasteiger partial charge < -0.3 is 39.3 Å². The van der Waals surface area contributed by atoms with Crippen molar-refractivity contribution in [3.05, 3.63) is 97.1 Å². The van der Waals surface area contributed by atoms with Gasteiger partial charge in [0.2, 0.25) is 0 Å². The monoisotopic (exact) mass is 897 g/mol. The molecule has 0 N–H and O–H groups in total. The SMILES string of the molecule is CCN(CC)c1ccc(N=Nc2c([O-])cc(S(=O)(=O)[O-])c3ccccc23)c([O-])c1.CCN(CC)c1ccc(N=Nc2c([O-])cc(S(=O)(=O)[O-])c3ccccc23)c([O-])c1.[Cr+3].[Li+].[Li+].[Li+]. The van der Waals surface area contributed by atoms with Crippen molar-refractivity contribution in [2.75, 3.05) is 36.0 Å². The van der Waals surface area contributed by atoms with E-state index in [9.17, 15) is 46.4 Å². The van der Waals surface area contributed by atoms with Crippen LogP contribution < -0.4 is 86.8 Å². The molecule has 0 aromatic heterocycles. The molecule has 0 unspecified atom stereocenters. The second-order valence-corrected chi connectivity index (χ2v) is 15.2. The van der Waals surface area contributed by atoms with Gasteiger partial charge in [-0.25, -0.2) is 16.8 Å². The first kappa shape index (κ1) is 56.0. The summed E-state index contributed by atoms with van der Waals surface area (Å²) in [4.78, 5) is 2.80. The van der Waals surface area contributed by atoms with Crippen molar-refractivity contribution in [2.45, 2.75) is 37.5 Å². The van der Waals surface area contributed by atoms with Gasteiger partial charge in [-0.15, -0.1) is 0 Å². The van der Waals surface area contributed by atoms with Crippen LogP contribution in [0, 0.1) is 0 Å². The molecule has 0 amide bonds. The van der Waals surface area contributed by atoms with Gasteiger partial charge in [-0.1, -0.05) is 71.5 Å². The third-order valence-electron chi connectivity index (χ3n) is 9.08. The van der Waals surface area contributed by atoms with Crippen LogP contribution in [-0.4, -0.2) is 52.1 Å². The molecule has 0 atom stereocenters. The van der Waals surface area contributed by atoms with E-state index in [1.54, 1.807) is 36.4 Å². The van der Waals surface area contributed by atoms with Gasteiger partial charge in [-0.05, 0) is 76.2 Å². The van der Waals surface area contributed by atoms with Gasteiger partial charge in [0.1, 0.15) is 20.2 Å². The van der Waals surface area contributed by atoms with Crippen LogP contribution in [0.2, 0.25) is 0 Å². The van der Waals surface area contributed by atoms with Crippen LogP contribution in [-0.2, 0) is 37.6 Å². The summed E-state index contributed by atoms with van der Waals surface area (Å²) in [5, 5.41) is 65.6. The number of anilines is 2. The van der Waals surface area contributed by atoms with E-state index >= 15 is 0 Å². The minimum Gasteiger partial charge on any atom is -0.871 e. The molecule has 0 aliphatic rings. The Morgan fingerprint density at radius 1 is 0.452 bits per heavy atom. The van der Waals surface area contributed by atoms with Crippen LogP contribution in [0.4, 0.5) is 34.1 Å². The van der Waals surface area contributed by atoms with Crippen molar-refractivity contribution in [1.29, 1.82) is 0 Å². The Hall–Kier alpha value is -4.02. The molecule has 6 rings (SSSR count). The fourth-order valence-electron chi connectivity index (χ4n) is 6.17. The molecule has 16 nitrogen and oxygen atoms in total. The third-order valence-corrected chi connectivity index (χ3v) is 10.8. The Bertz CT molecular complexity index is 2590. The van der Waals surface area contributed by atoms with E-state index in [1.807, 2.05) is 37.5 Å². The van der Waals surface area contributed by atoms with Crippen LogP contribution in [0.1, 0.15) is 27.7 Å². The molecule has 0 aliphatic heterocycles. The summed E-state index contributed by atoms with van der Waals surface area (Å²) >= 11 is 0. The average Bonchev–Trinajstić information content (AvgIpc) is 3.18. The normalized spacial score (nSPS) is 11.2. The minimum atomic E-state index is -4.84. The van der Waals surface area contributed by atoms with Crippen LogP contribution in [0.5, 0.6) is 23.0 Å². The number of hydrogen-bond acceptors (Lipinski definition) is 16. The van der Waals surface area contributed by atoms with Crippen molar-refractivity contribution in [3.63, 3.8) is 0 Å². The summed E-state index contributed by atoms with van der Waals surface area (Å²) in [5.74, 6) is -2.24. The zero-order valence-corrected chi connectivity index (χ0v) is 38.0. The summed E-state index contributed by atoms with van der Waals surface area (Å²) in [7, 11) is -9.68. The Morgan fingerprint density at radius 3 is 1.03 bits per heavy atom. The van der Waals surface area contributed by atoms with E-state index in [4.69, 9.17) is 0 Å². The fraction of sp³-hybridized carbons (Fsp3) is 0.200. The molecule has 1 radical (unpaired) electrons. The standard InChI is InChI=1S/2C20H21N3O5S.Cr.3Li/c2*1-3-23(4-2)13-9-10-16(17(24)11-13)21-22-20-15-8-6-5-7-14(15)19(12-18(20)25)29(26,27)28;;;;/h2*5-12,24-25H,3-4H2,1-2H3,(H,26,27,28);;;;/q;;+3;3*+1/p-6. The average molecular weight is 898 g/mol. The molecule has 0 aliphatic carbocycles. The Kier molecular flexibility index (Phi) is 21.8. The minimum absolute atomic E-state index is 0. The largest absolute Gasteiger partial charge is 3.00 e. The second kappa shape index (κ2) is 24.2. The maximum atomic E-state index is 12.4. The number of azo groups is 2. The van der Waals surface area contributed by atoms with Crippen molar-refractivity contribution in [3.8, 4) is 23.0 Å². The quantitative estimate of drug-likeness (QED) is 0.0692. The summed E-state index contributed by atoms with van der Waals surface area (Å²) < 4.78 is 68.9. The number of fused-ring (bicyclic) bond motifs is 2. The predicted molar refractivity (Wildman–Crippen MR) is 210 cm³/mol. The van der Waals surface area contributed by atoms with Gasteiger partial charge in [-0.2, -0.15) is 20.5 Å². The fourth-order valence-corrected chi connectivity index (χ4v) is 7.57. The molecule has 0 saturated heterocycles. The number of hydrogen-bond donors (Lipinski definition) is 0. The molecule has 0 fully saturated rings. The van der Waals surface area contributed by atoms with Crippen molar-refractivity contribution in [1.82, 2.24) is 0 Å². The van der Waals surface area contributed by atoms with Crippen molar-refractivity contribution < 1.29 is 120 Å². The van der Waals surface area contributed by atoms with E-state index in [1.165, 1.54) is 48.5 Å². The smallest absolute Gasteiger partial charge is 0.871 e. The molecule has 62 heavy (non-hydrogen) atoms. The topological polar surface area (TPSA) is 263 Å². The maximum absolute atomic E-state index is 12.4. The first-order chi connectivity index (χ1) is 27.5. The van der Waals surface area contributed by atoms with Crippen molar-refractivity contribution in [2.24, 2.45) is 20.5 Å². The second-order valence-electron chi connectivity index (χ2n) is 12.5. The molecule has 6 aromatic carbocycles. The molecule has 22 heteroatoms. The van der Waals surface area contributed by atoms with E-state index in [2.05, 4.69) is 20.5 Å². The molecular weight excluding hydrogens is 861 g/mol. The molecule has 0 spiro atoms. The van der Waals surface area contributed by atoms with Gasteiger partial charge in [-0.3, -0.25) is 0 Å². The van der Waals surface area contributed by atoms with Gasteiger partial charge in [0.25, 0.3) is 0 Å². The molecule has 0 saturated carbocycles. The van der Waals surface area contributed by atoms with E-state index in [-0.39, 0.29) is 130 Å². The van der Waals surface area contributed by atoms with Gasteiger partial charge in [0.15, 0.2) is 0 Å². The molecular formula is C40H36CrLi3N6O10S2. The summed E-state index contributed by atoms with van der Waals surface area (Å²) in [6, 6.07) is 22.9. The van der Waals surface area contributed by atoms with Gasteiger partial charge >= 0.3 is 73.9 Å². The Labute approximate surface area is 407 Å². The van der Waals surface area contributed by atoms with Crippen molar-refractivity contribution >= 4 is 75.9 Å². The first-order valence-electron chi connectivity index (χ1n) is 17.8. The number of benzene rings is 6. The Morgan fingerprint density at radius 2 is 0.758 bits per heavy atom. The summed E-state index contributed by atoms with van der Waals surface area (Å²) in [6.45, 7) is 10.9. The first-order valence-corrected chi connectivity index (χ1v) is 20.7. The van der Waals surface area contributed by atoms with Gasteiger partial charge in [0, 0.05) is 59.1 Å². The van der Waals surface area contributed by atoms with E-state index in [0.29, 0.717) is 0 Å². The zero-order valence-electron chi connectivity index (χ0n) is 35.1. The molecule has 0 bridgehead atoms. The zero-order chi connectivity index (χ0) is 42.4. The van der Waals surface area contributed by atoms with E-state index in [0.717, 1.165) is 49.7 Å². The van der Waals surface area contributed by atoms with E-state index < -0.39 is 41.5 Å². The predicted octanol–water partition coefficient (Wildman–Crippen LogP) is -2.69. The van der Waals surface area contributed by atoms with Crippen LogP contribution in [0.15, 0.2) is 127 Å². The third kappa shape index (κ3) is 13.0. The van der Waals surface area contributed by atoms with Crippen LogP contribution in [0.25, 0.3) is 21.5 Å². The van der Waals surface area contributed by atoms with Crippen LogP contribution in [0.3, 0.4) is 0 Å².